The summed E-state index contributed by atoms with van der Waals surface area (Å²) in [5.41, 5.74) is 1.93. The van der Waals surface area contributed by atoms with Gasteiger partial charge in [0, 0.05) is 25.4 Å². The quantitative estimate of drug-likeness (QED) is 0.273. The molecule has 0 radical (unpaired) electrons. The first kappa shape index (κ1) is 25.2. The van der Waals surface area contributed by atoms with Crippen LogP contribution in [-0.2, 0) is 20.8 Å². The molecule has 5 rings (SSSR count). The number of carboxylic acids is 1. The van der Waals surface area contributed by atoms with Crippen LogP contribution in [0.5, 0.6) is 0 Å². The van der Waals surface area contributed by atoms with E-state index in [-0.39, 0.29) is 25.3 Å². The fourth-order valence-electron chi connectivity index (χ4n) is 5.67. The third-order valence-corrected chi connectivity index (χ3v) is 7.50. The van der Waals surface area contributed by atoms with Crippen LogP contribution >= 0.6 is 0 Å². The Hall–Kier alpha value is -4.47. The van der Waals surface area contributed by atoms with Crippen LogP contribution in [0.4, 0.5) is 0 Å². The fraction of sp³-hybridized carbons (Fsp3) is 0.219. The number of benzene rings is 3. The van der Waals surface area contributed by atoms with E-state index >= 15 is 0 Å². The highest BCUT2D eigenvalue weighted by molar-refractivity contribution is 6.09. The molecule has 2 aliphatic rings. The van der Waals surface area contributed by atoms with Crippen LogP contribution in [-0.4, -0.2) is 39.9 Å². The van der Waals surface area contributed by atoms with Gasteiger partial charge in [-0.25, -0.2) is 0 Å². The predicted octanol–water partition coefficient (Wildman–Crippen LogP) is 4.19. The average molecular weight is 505 g/mol. The number of likely N-dealkylation sites (tertiary alicyclic amines) is 1. The minimum absolute atomic E-state index is 0.0702. The number of aliphatic carboxylic acids is 1. The number of nitrogens with zero attached hydrogens (tertiary/aromatic N) is 1. The van der Waals surface area contributed by atoms with Crippen molar-refractivity contribution in [1.29, 1.82) is 0 Å². The maximum absolute atomic E-state index is 13.6. The molecule has 2 saturated heterocycles. The second-order valence-corrected chi connectivity index (χ2v) is 9.76. The van der Waals surface area contributed by atoms with Crippen LogP contribution in [0.1, 0.15) is 34.7 Å². The van der Waals surface area contributed by atoms with Crippen LogP contribution in [0, 0.1) is 24.2 Å². The molecule has 2 amide bonds. The minimum atomic E-state index is -1.64. The van der Waals surface area contributed by atoms with Gasteiger partial charge in [0.25, 0.3) is 0 Å². The number of carboxylic acid groups (broad SMARTS) is 1. The van der Waals surface area contributed by atoms with Crippen LogP contribution in [0.15, 0.2) is 84.9 Å². The van der Waals surface area contributed by atoms with Crippen LogP contribution in [0.2, 0.25) is 0 Å². The molecule has 3 aromatic rings. The van der Waals surface area contributed by atoms with E-state index in [0.717, 1.165) is 27.2 Å². The van der Waals surface area contributed by atoms with Crippen LogP contribution in [0.25, 0.3) is 12.2 Å². The van der Waals surface area contributed by atoms with Crippen molar-refractivity contribution in [1.82, 2.24) is 10.2 Å². The summed E-state index contributed by atoms with van der Waals surface area (Å²) in [7, 11) is 0. The molecule has 2 N–H and O–H groups in total. The summed E-state index contributed by atoms with van der Waals surface area (Å²) in [5.74, 6) is -1.43. The molecule has 0 saturated carbocycles. The number of amides is 2. The number of terminal acetylenes is 1. The molecule has 2 fully saturated rings. The molecule has 4 unspecified atom stereocenters. The van der Waals surface area contributed by atoms with Crippen molar-refractivity contribution < 1.29 is 19.5 Å². The Bertz CT molecular complexity index is 1410. The summed E-state index contributed by atoms with van der Waals surface area (Å²) in [6, 6.07) is 26.1. The highest BCUT2D eigenvalue weighted by atomic mass is 16.4. The van der Waals surface area contributed by atoms with E-state index in [4.69, 9.17) is 6.42 Å². The van der Waals surface area contributed by atoms with Gasteiger partial charge in [-0.3, -0.25) is 24.6 Å². The summed E-state index contributed by atoms with van der Waals surface area (Å²) in [5, 5.41) is 13.8. The van der Waals surface area contributed by atoms with Gasteiger partial charge >= 0.3 is 5.97 Å². The SMILES string of the molecule is C#CCCN1C(=O)C2C(c3ccc(/C=C/c4ccccc4)cc3)NC(Cc3ccccc3)(C(=O)O)C2C1=O. The number of carbonyl (C=O) groups is 3. The number of hydrogen-bond donors (Lipinski definition) is 2. The number of imide groups is 1. The first-order valence-electron chi connectivity index (χ1n) is 12.6. The van der Waals surface area contributed by atoms with Crippen molar-refractivity contribution in [2.45, 2.75) is 24.4 Å². The Morgan fingerprint density at radius 1 is 0.921 bits per heavy atom. The molecule has 0 spiro atoms. The zero-order chi connectivity index (χ0) is 26.7. The van der Waals surface area contributed by atoms with Gasteiger partial charge in [0.1, 0.15) is 5.54 Å². The van der Waals surface area contributed by atoms with Gasteiger partial charge in [0.2, 0.25) is 11.8 Å². The normalized spacial score (nSPS) is 24.5. The summed E-state index contributed by atoms with van der Waals surface area (Å²) in [4.78, 5) is 41.2. The number of carbonyl (C=O) groups excluding carboxylic acids is 2. The third-order valence-electron chi connectivity index (χ3n) is 7.50. The number of fused-ring (bicyclic) bond motifs is 1. The van der Waals surface area contributed by atoms with E-state index in [1.807, 2.05) is 97.1 Å². The molecular weight excluding hydrogens is 476 g/mol. The largest absolute Gasteiger partial charge is 0.480 e. The van der Waals surface area contributed by atoms with E-state index in [9.17, 15) is 19.5 Å². The molecule has 2 heterocycles. The van der Waals surface area contributed by atoms with E-state index in [0.29, 0.717) is 0 Å². The maximum atomic E-state index is 13.6. The monoisotopic (exact) mass is 504 g/mol. The molecule has 6 heteroatoms. The van der Waals surface area contributed by atoms with Crippen molar-refractivity contribution in [3.05, 3.63) is 107 Å². The van der Waals surface area contributed by atoms with Crippen LogP contribution < -0.4 is 5.32 Å². The number of nitrogens with one attached hydrogen (secondary N) is 1. The molecule has 0 aromatic heterocycles. The van der Waals surface area contributed by atoms with E-state index in [2.05, 4.69) is 11.2 Å². The summed E-state index contributed by atoms with van der Waals surface area (Å²) >= 11 is 0. The Kier molecular flexibility index (Phi) is 6.95. The Morgan fingerprint density at radius 3 is 2.13 bits per heavy atom. The number of hydrogen-bond acceptors (Lipinski definition) is 4. The van der Waals surface area contributed by atoms with E-state index < -0.39 is 35.3 Å². The lowest BCUT2D eigenvalue weighted by Crippen LogP contribution is -2.57. The van der Waals surface area contributed by atoms with Gasteiger partial charge in [0.05, 0.1) is 11.8 Å². The summed E-state index contributed by atoms with van der Waals surface area (Å²) in [6.45, 7) is 0.0815. The smallest absolute Gasteiger partial charge is 0.325 e. The predicted molar refractivity (Wildman–Crippen MR) is 145 cm³/mol. The fourth-order valence-corrected chi connectivity index (χ4v) is 5.67. The summed E-state index contributed by atoms with van der Waals surface area (Å²) in [6.07, 6.45) is 9.69. The van der Waals surface area contributed by atoms with Crippen molar-refractivity contribution in [2.24, 2.45) is 11.8 Å². The number of rotatable bonds is 8. The topological polar surface area (TPSA) is 86.7 Å². The van der Waals surface area contributed by atoms with Crippen molar-refractivity contribution in [2.75, 3.05) is 6.54 Å². The first-order valence-corrected chi connectivity index (χ1v) is 12.6. The Morgan fingerprint density at radius 2 is 1.53 bits per heavy atom. The molecule has 6 nitrogen and oxygen atoms in total. The third kappa shape index (κ3) is 4.53. The molecule has 190 valence electrons. The standard InChI is InChI=1S/C32H28N2O4/c1-2-3-20-34-29(35)26-27(30(34)36)32(31(37)38,21-24-12-8-5-9-13-24)33-28(26)25-18-16-23(17-19-25)15-14-22-10-6-4-7-11-22/h1,4-19,26-28,33H,3,20-21H2,(H,37,38)/b15-14+. The second kappa shape index (κ2) is 10.5. The average Bonchev–Trinajstić information content (AvgIpc) is 3.41. The lowest BCUT2D eigenvalue weighted by molar-refractivity contribution is -0.151. The van der Waals surface area contributed by atoms with Gasteiger partial charge in [-0.05, 0) is 22.3 Å². The van der Waals surface area contributed by atoms with Crippen molar-refractivity contribution in [3.63, 3.8) is 0 Å². The van der Waals surface area contributed by atoms with Gasteiger partial charge in [-0.1, -0.05) is 97.1 Å². The highest BCUT2D eigenvalue weighted by Crippen LogP contribution is 2.50. The van der Waals surface area contributed by atoms with E-state index in [1.54, 1.807) is 0 Å². The van der Waals surface area contributed by atoms with Crippen LogP contribution in [0.3, 0.4) is 0 Å². The molecule has 4 atom stereocenters. The highest BCUT2D eigenvalue weighted by Gasteiger charge is 2.68. The summed E-state index contributed by atoms with van der Waals surface area (Å²) < 4.78 is 0. The zero-order valence-electron chi connectivity index (χ0n) is 20.8. The molecule has 0 bridgehead atoms. The Balaban J connectivity index is 1.51. The minimum Gasteiger partial charge on any atom is -0.480 e. The van der Waals surface area contributed by atoms with Gasteiger partial charge in [-0.15, -0.1) is 12.3 Å². The van der Waals surface area contributed by atoms with Gasteiger partial charge in [-0.2, -0.15) is 0 Å². The lowest BCUT2D eigenvalue weighted by Gasteiger charge is -2.31. The molecule has 2 aliphatic heterocycles. The molecule has 3 aromatic carbocycles. The Labute approximate surface area is 222 Å². The second-order valence-electron chi connectivity index (χ2n) is 9.76. The van der Waals surface area contributed by atoms with E-state index in [1.165, 1.54) is 0 Å². The van der Waals surface area contributed by atoms with Crippen molar-refractivity contribution in [3.8, 4) is 12.3 Å². The zero-order valence-corrected chi connectivity index (χ0v) is 20.8. The van der Waals surface area contributed by atoms with Gasteiger partial charge < -0.3 is 5.11 Å². The van der Waals surface area contributed by atoms with Gasteiger partial charge in [0.15, 0.2) is 0 Å². The molecular formula is C32H28N2O4. The van der Waals surface area contributed by atoms with Crippen molar-refractivity contribution >= 4 is 29.9 Å². The molecule has 0 aliphatic carbocycles. The first-order chi connectivity index (χ1) is 18.4. The maximum Gasteiger partial charge on any atom is 0.325 e. The lowest BCUT2D eigenvalue weighted by atomic mass is 9.76. The molecule has 38 heavy (non-hydrogen) atoms.